The van der Waals surface area contributed by atoms with Crippen LogP contribution in [0.3, 0.4) is 0 Å². The predicted molar refractivity (Wildman–Crippen MR) is 124 cm³/mol. The zero-order chi connectivity index (χ0) is 27.1. The molecule has 3 heterocycles. The largest absolute Gasteiger partial charge is 0.413 e. The van der Waals surface area contributed by atoms with E-state index in [9.17, 15) is 36.6 Å². The van der Waals surface area contributed by atoms with Gasteiger partial charge in [0.2, 0.25) is 5.43 Å². The van der Waals surface area contributed by atoms with Crippen LogP contribution in [0.1, 0.15) is 26.7 Å². The summed E-state index contributed by atoms with van der Waals surface area (Å²) in [5.74, 6) is -2.50. The Morgan fingerprint density at radius 1 is 1.24 bits per heavy atom. The van der Waals surface area contributed by atoms with Gasteiger partial charge in [-0.15, -0.1) is 0 Å². The van der Waals surface area contributed by atoms with Gasteiger partial charge in [0.1, 0.15) is 29.2 Å². The maximum absolute atomic E-state index is 14.8. The molecule has 3 aromatic rings. The monoisotopic (exact) mass is 526 g/mol. The molecular weight excluding hydrogens is 503 g/mol. The number of fused-ring (bicyclic) bond motifs is 1. The normalized spacial score (nSPS) is 18.8. The lowest BCUT2D eigenvalue weighted by atomic mass is 10.1. The molecule has 4 rings (SSSR count). The first-order valence-corrected chi connectivity index (χ1v) is 11.3. The fraction of sp³-hybridized carbons (Fsp3) is 0.375. The molecule has 0 aliphatic carbocycles. The number of rotatable bonds is 5. The van der Waals surface area contributed by atoms with Gasteiger partial charge >= 0.3 is 12.3 Å². The number of hydrogen-bond donors (Lipinski definition) is 2. The third-order valence-electron chi connectivity index (χ3n) is 6.06. The summed E-state index contributed by atoms with van der Waals surface area (Å²) in [5.41, 5.74) is -2.73. The van der Waals surface area contributed by atoms with Gasteiger partial charge < -0.3 is 20.1 Å². The number of carbonyl (C=O) groups excluding carboxylic acids is 1. The summed E-state index contributed by atoms with van der Waals surface area (Å²) in [6.45, 7) is 3.51. The highest BCUT2D eigenvalue weighted by molar-refractivity contribution is 5.81. The van der Waals surface area contributed by atoms with Crippen LogP contribution in [0.2, 0.25) is 0 Å². The molecule has 37 heavy (non-hydrogen) atoms. The highest BCUT2D eigenvalue weighted by Crippen LogP contribution is 2.29. The van der Waals surface area contributed by atoms with Crippen LogP contribution in [0.5, 0.6) is 5.75 Å². The third kappa shape index (κ3) is 5.36. The van der Waals surface area contributed by atoms with E-state index in [0.29, 0.717) is 18.8 Å². The Hall–Kier alpha value is -3.74. The molecule has 198 valence electrons. The summed E-state index contributed by atoms with van der Waals surface area (Å²) in [6, 6.07) is 3.58. The van der Waals surface area contributed by atoms with E-state index in [0.717, 1.165) is 29.0 Å². The van der Waals surface area contributed by atoms with E-state index in [1.807, 2.05) is 0 Å². The first-order valence-electron chi connectivity index (χ1n) is 11.3. The second-order valence-corrected chi connectivity index (χ2v) is 9.01. The van der Waals surface area contributed by atoms with Crippen molar-refractivity contribution in [3.05, 3.63) is 58.4 Å². The number of amides is 1. The van der Waals surface area contributed by atoms with Gasteiger partial charge in [0.15, 0.2) is 11.4 Å². The Morgan fingerprint density at radius 2 is 1.92 bits per heavy atom. The number of ether oxygens (including phenoxy) is 1. The lowest BCUT2D eigenvalue weighted by Crippen LogP contribution is -2.46. The minimum absolute atomic E-state index is 0.187. The third-order valence-corrected chi connectivity index (χ3v) is 6.06. The number of pyridine rings is 2. The van der Waals surface area contributed by atoms with Crippen LogP contribution in [0.4, 0.5) is 32.6 Å². The van der Waals surface area contributed by atoms with Gasteiger partial charge in [-0.3, -0.25) is 9.36 Å². The molecule has 8 nitrogen and oxygen atoms in total. The van der Waals surface area contributed by atoms with Crippen molar-refractivity contribution in [1.29, 1.82) is 0 Å². The van der Waals surface area contributed by atoms with Crippen molar-refractivity contribution in [3.63, 3.8) is 0 Å². The summed E-state index contributed by atoms with van der Waals surface area (Å²) >= 11 is 0. The number of anilines is 1. The number of aromatic nitrogens is 2. The summed E-state index contributed by atoms with van der Waals surface area (Å²) in [6.07, 6.45) is -5.56. The van der Waals surface area contributed by atoms with Crippen molar-refractivity contribution in [2.45, 2.75) is 44.5 Å². The quantitative estimate of drug-likeness (QED) is 0.487. The number of nitrogens with one attached hydrogen (secondary N) is 1. The number of benzene rings is 1. The van der Waals surface area contributed by atoms with E-state index in [1.165, 1.54) is 19.1 Å². The second-order valence-electron chi connectivity index (χ2n) is 9.01. The molecule has 0 saturated carbocycles. The van der Waals surface area contributed by atoms with E-state index >= 15 is 0 Å². The van der Waals surface area contributed by atoms with Crippen molar-refractivity contribution in [2.24, 2.45) is 0 Å². The van der Waals surface area contributed by atoms with Crippen LogP contribution in [0, 0.1) is 11.6 Å². The minimum Gasteiger partial charge on any atom is -0.405 e. The maximum Gasteiger partial charge on any atom is 0.413 e. The number of hydrogen-bond acceptors (Lipinski definition) is 6. The number of nitrogens with zero attached hydrogens (tertiary/aromatic N) is 3. The van der Waals surface area contributed by atoms with Gasteiger partial charge in [0.25, 0.3) is 0 Å². The molecule has 2 N–H and O–H groups in total. The fourth-order valence-electron chi connectivity index (χ4n) is 4.14. The van der Waals surface area contributed by atoms with Gasteiger partial charge in [-0.1, -0.05) is 13.0 Å². The first kappa shape index (κ1) is 26.3. The number of carbonyl (C=O) groups is 1. The van der Waals surface area contributed by atoms with E-state index in [-0.39, 0.29) is 17.6 Å². The molecule has 0 radical (unpaired) electrons. The molecule has 0 bridgehead atoms. The van der Waals surface area contributed by atoms with Gasteiger partial charge in [0.05, 0.1) is 17.2 Å². The smallest absolute Gasteiger partial charge is 0.405 e. The Bertz CT molecular complexity index is 1390. The molecule has 2 atom stereocenters. The summed E-state index contributed by atoms with van der Waals surface area (Å²) in [4.78, 5) is 31.4. The number of aliphatic hydroxyl groups is 1. The number of β-amino-alcohol motifs (C(OH)–C–C–N with tert-alkyl or cyclic N) is 1. The summed E-state index contributed by atoms with van der Waals surface area (Å²) < 4.78 is 74.4. The summed E-state index contributed by atoms with van der Waals surface area (Å²) in [7, 11) is 0. The second kappa shape index (κ2) is 9.61. The van der Waals surface area contributed by atoms with Crippen molar-refractivity contribution in [2.75, 3.05) is 18.0 Å². The Morgan fingerprint density at radius 3 is 2.49 bits per heavy atom. The highest BCUT2D eigenvalue weighted by Gasteiger charge is 2.40. The molecule has 1 fully saturated rings. The lowest BCUT2D eigenvalue weighted by molar-refractivity contribution is -0.154. The standard InChI is InChI=1S/C24H23F5N4O4/c1-3-17(24(27,28)29)30-22(35)37-16-11-33(19-14(25)5-4-6-15(19)26)21-13(20(16)34)7-8-18(31-21)32-10-9-23(2,36)12-32/h4-8,11,17,36H,3,9-10,12H2,1-2H3,(H,30,35)/t17-,23?/m1/s1. The lowest BCUT2D eigenvalue weighted by Gasteiger charge is -2.21. The Labute approximate surface area is 207 Å². The fourth-order valence-corrected chi connectivity index (χ4v) is 4.14. The number of para-hydroxylation sites is 1. The van der Waals surface area contributed by atoms with Gasteiger partial charge in [-0.25, -0.2) is 18.6 Å². The molecule has 1 aliphatic heterocycles. The Kier molecular flexibility index (Phi) is 6.84. The van der Waals surface area contributed by atoms with Crippen LogP contribution < -0.4 is 20.4 Å². The molecular formula is C24H23F5N4O4. The van der Waals surface area contributed by atoms with Crippen molar-refractivity contribution in [3.8, 4) is 11.4 Å². The van der Waals surface area contributed by atoms with Crippen LogP contribution in [0.15, 0.2) is 41.3 Å². The molecule has 13 heteroatoms. The van der Waals surface area contributed by atoms with Crippen molar-refractivity contribution in [1.82, 2.24) is 14.9 Å². The average molecular weight is 526 g/mol. The molecule has 1 amide bonds. The molecule has 1 saturated heterocycles. The topological polar surface area (TPSA) is 96.7 Å². The van der Waals surface area contributed by atoms with Crippen molar-refractivity contribution < 1.29 is 36.6 Å². The predicted octanol–water partition coefficient (Wildman–Crippen LogP) is 4.05. The molecule has 2 aromatic heterocycles. The van der Waals surface area contributed by atoms with Crippen LogP contribution in [-0.4, -0.2) is 51.7 Å². The van der Waals surface area contributed by atoms with Gasteiger partial charge in [-0.05, 0) is 44.0 Å². The van der Waals surface area contributed by atoms with Gasteiger partial charge in [-0.2, -0.15) is 13.2 Å². The Balaban J connectivity index is 1.84. The highest BCUT2D eigenvalue weighted by atomic mass is 19.4. The first-order chi connectivity index (χ1) is 17.3. The zero-order valence-corrected chi connectivity index (χ0v) is 19.8. The minimum atomic E-state index is -4.76. The zero-order valence-electron chi connectivity index (χ0n) is 19.8. The molecule has 1 aromatic carbocycles. The van der Waals surface area contributed by atoms with Crippen LogP contribution in [0.25, 0.3) is 16.7 Å². The van der Waals surface area contributed by atoms with Crippen LogP contribution in [-0.2, 0) is 0 Å². The molecule has 1 unspecified atom stereocenters. The number of alkyl halides is 3. The van der Waals surface area contributed by atoms with Crippen LogP contribution >= 0.6 is 0 Å². The van der Waals surface area contributed by atoms with E-state index < -0.39 is 58.8 Å². The summed E-state index contributed by atoms with van der Waals surface area (Å²) in [5, 5.41) is 11.7. The number of halogens is 5. The van der Waals surface area contributed by atoms with E-state index in [2.05, 4.69) is 4.98 Å². The van der Waals surface area contributed by atoms with Crippen molar-refractivity contribution >= 4 is 22.9 Å². The van der Waals surface area contributed by atoms with E-state index in [1.54, 1.807) is 17.1 Å². The molecule has 1 aliphatic rings. The van der Waals surface area contributed by atoms with E-state index in [4.69, 9.17) is 4.74 Å². The SMILES string of the molecule is CC[C@@H](NC(=O)Oc1cn(-c2c(F)cccc2F)c2nc(N3CCC(C)(O)C3)ccc2c1=O)C(F)(F)F. The molecule has 0 spiro atoms. The average Bonchev–Trinajstić information content (AvgIpc) is 3.18. The maximum atomic E-state index is 14.8. The van der Waals surface area contributed by atoms with Gasteiger partial charge in [0, 0.05) is 13.1 Å².